The lowest BCUT2D eigenvalue weighted by Crippen LogP contribution is -1.96. The summed E-state index contributed by atoms with van der Waals surface area (Å²) in [4.78, 5) is 0. The summed E-state index contributed by atoms with van der Waals surface area (Å²) in [6, 6.07) is 8.61. The van der Waals surface area contributed by atoms with Crippen LogP contribution in [-0.4, -0.2) is 11.2 Å². The summed E-state index contributed by atoms with van der Waals surface area (Å²) < 4.78 is 0. The molecule has 0 aromatic heterocycles. The Bertz CT molecular complexity index is 337. The first-order chi connectivity index (χ1) is 7.59. The normalized spacial score (nSPS) is 13.6. The van der Waals surface area contributed by atoms with Gasteiger partial charge in [-0.2, -0.15) is 0 Å². The first kappa shape index (κ1) is 13.0. The van der Waals surface area contributed by atoms with Gasteiger partial charge < -0.3 is 5.11 Å². The number of rotatable bonds is 5. The van der Waals surface area contributed by atoms with Crippen molar-refractivity contribution < 1.29 is 5.11 Å². The molecule has 1 aromatic carbocycles. The van der Waals surface area contributed by atoms with E-state index in [4.69, 9.17) is 5.11 Å². The first-order valence-corrected chi connectivity index (χ1v) is 6.04. The summed E-state index contributed by atoms with van der Waals surface area (Å²) in [6.45, 7) is 6.24. The van der Waals surface area contributed by atoms with Crippen molar-refractivity contribution in [3.05, 3.63) is 41.5 Å². The van der Waals surface area contributed by atoms with Crippen LogP contribution in [-0.2, 0) is 0 Å². The maximum Gasteiger partial charge on any atom is 0.0515 e. The van der Waals surface area contributed by atoms with Gasteiger partial charge in [0.25, 0.3) is 0 Å². The van der Waals surface area contributed by atoms with Gasteiger partial charge in [0.2, 0.25) is 0 Å². The Morgan fingerprint density at radius 3 is 2.62 bits per heavy atom. The lowest BCUT2D eigenvalue weighted by atomic mass is 10.0. The zero-order valence-electron chi connectivity index (χ0n) is 10.5. The fraction of sp³-hybridized carbons (Fsp3) is 0.467. The molecule has 88 valence electrons. The zero-order valence-corrected chi connectivity index (χ0v) is 10.5. The van der Waals surface area contributed by atoms with E-state index in [1.54, 1.807) is 0 Å². The van der Waals surface area contributed by atoms with E-state index >= 15 is 0 Å². The van der Waals surface area contributed by atoms with Gasteiger partial charge in [-0.05, 0) is 36.8 Å². The Morgan fingerprint density at radius 1 is 1.25 bits per heavy atom. The van der Waals surface area contributed by atoms with E-state index < -0.39 is 0 Å². The third-order valence-electron chi connectivity index (χ3n) is 2.64. The summed E-state index contributed by atoms with van der Waals surface area (Å²) in [7, 11) is 0. The molecule has 0 saturated carbocycles. The maximum atomic E-state index is 9.13. The lowest BCUT2D eigenvalue weighted by Gasteiger charge is -2.05. The van der Waals surface area contributed by atoms with Crippen LogP contribution in [0.2, 0.25) is 0 Å². The molecule has 0 aliphatic heterocycles. The molecule has 0 spiro atoms. The Balaban J connectivity index is 2.56. The van der Waals surface area contributed by atoms with Crippen molar-refractivity contribution in [1.29, 1.82) is 0 Å². The minimum atomic E-state index is -0.202. The van der Waals surface area contributed by atoms with Gasteiger partial charge >= 0.3 is 0 Å². The van der Waals surface area contributed by atoms with Crippen molar-refractivity contribution in [3.8, 4) is 0 Å². The standard InChI is InChI=1S/C15H22O/c1-12(2)15-10-6-9-14(11-15)8-5-4-7-13(3)16/h5-6,8-13,16H,4,7H2,1-3H3/t13-/m0/s1. The van der Waals surface area contributed by atoms with Gasteiger partial charge in [0.1, 0.15) is 0 Å². The van der Waals surface area contributed by atoms with Crippen LogP contribution in [0.5, 0.6) is 0 Å². The topological polar surface area (TPSA) is 20.2 Å². The number of hydrogen-bond donors (Lipinski definition) is 1. The number of hydrogen-bond acceptors (Lipinski definition) is 1. The molecule has 0 bridgehead atoms. The van der Waals surface area contributed by atoms with E-state index in [0.29, 0.717) is 5.92 Å². The molecule has 1 nitrogen and oxygen atoms in total. The Hall–Kier alpha value is -1.08. The van der Waals surface area contributed by atoms with Crippen LogP contribution >= 0.6 is 0 Å². The maximum absolute atomic E-state index is 9.13. The molecule has 0 unspecified atom stereocenters. The molecule has 0 radical (unpaired) electrons. The van der Waals surface area contributed by atoms with E-state index in [-0.39, 0.29) is 6.10 Å². The van der Waals surface area contributed by atoms with Crippen molar-refractivity contribution in [3.63, 3.8) is 0 Å². The SMILES string of the molecule is CC(C)c1cccc(C=CCC[C@H](C)O)c1. The van der Waals surface area contributed by atoms with Crippen molar-refractivity contribution >= 4 is 6.08 Å². The number of aliphatic hydroxyl groups is 1. The van der Waals surface area contributed by atoms with Crippen LogP contribution in [0.3, 0.4) is 0 Å². The molecule has 0 aliphatic rings. The van der Waals surface area contributed by atoms with Gasteiger partial charge in [0, 0.05) is 0 Å². The number of benzene rings is 1. The highest BCUT2D eigenvalue weighted by molar-refractivity contribution is 5.50. The summed E-state index contributed by atoms with van der Waals surface area (Å²) in [6.07, 6.45) is 5.83. The summed E-state index contributed by atoms with van der Waals surface area (Å²) in [5, 5.41) is 9.13. The highest BCUT2D eigenvalue weighted by atomic mass is 16.3. The summed E-state index contributed by atoms with van der Waals surface area (Å²) >= 11 is 0. The van der Waals surface area contributed by atoms with E-state index in [1.165, 1.54) is 11.1 Å². The molecule has 0 aliphatic carbocycles. The monoisotopic (exact) mass is 218 g/mol. The van der Waals surface area contributed by atoms with Crippen LogP contribution in [0, 0.1) is 0 Å². The largest absolute Gasteiger partial charge is 0.393 e. The van der Waals surface area contributed by atoms with Gasteiger partial charge in [-0.25, -0.2) is 0 Å². The molecule has 1 rings (SSSR count). The highest BCUT2D eigenvalue weighted by Crippen LogP contribution is 2.16. The highest BCUT2D eigenvalue weighted by Gasteiger charge is 1.98. The Morgan fingerprint density at radius 2 is 2.00 bits per heavy atom. The molecule has 1 heteroatoms. The molecule has 0 amide bonds. The second-order valence-electron chi connectivity index (χ2n) is 4.65. The third kappa shape index (κ3) is 4.63. The van der Waals surface area contributed by atoms with Crippen LogP contribution in [0.25, 0.3) is 6.08 Å². The van der Waals surface area contributed by atoms with Gasteiger partial charge in [0.05, 0.1) is 6.10 Å². The molecular formula is C15H22O. The van der Waals surface area contributed by atoms with Crippen LogP contribution in [0.15, 0.2) is 30.3 Å². The summed E-state index contributed by atoms with van der Waals surface area (Å²) in [5.41, 5.74) is 2.62. The second-order valence-corrected chi connectivity index (χ2v) is 4.65. The van der Waals surface area contributed by atoms with Gasteiger partial charge in [0.15, 0.2) is 0 Å². The molecular weight excluding hydrogens is 196 g/mol. The average molecular weight is 218 g/mol. The molecule has 1 atom stereocenters. The van der Waals surface area contributed by atoms with Crippen LogP contribution < -0.4 is 0 Å². The molecule has 1 aromatic rings. The van der Waals surface area contributed by atoms with Crippen molar-refractivity contribution in [2.75, 3.05) is 0 Å². The van der Waals surface area contributed by atoms with Gasteiger partial charge in [-0.1, -0.05) is 50.3 Å². The minimum Gasteiger partial charge on any atom is -0.393 e. The number of aliphatic hydroxyl groups excluding tert-OH is 1. The van der Waals surface area contributed by atoms with E-state index in [2.05, 4.69) is 50.3 Å². The third-order valence-corrected chi connectivity index (χ3v) is 2.64. The summed E-state index contributed by atoms with van der Waals surface area (Å²) in [5.74, 6) is 0.575. The van der Waals surface area contributed by atoms with Crippen LogP contribution in [0.4, 0.5) is 0 Å². The fourth-order valence-electron chi connectivity index (χ4n) is 1.58. The van der Waals surface area contributed by atoms with E-state index in [9.17, 15) is 0 Å². The average Bonchev–Trinajstić information content (AvgIpc) is 2.24. The van der Waals surface area contributed by atoms with Crippen molar-refractivity contribution in [2.24, 2.45) is 0 Å². The predicted molar refractivity (Wildman–Crippen MR) is 70.5 cm³/mol. The van der Waals surface area contributed by atoms with Gasteiger partial charge in [-0.15, -0.1) is 0 Å². The lowest BCUT2D eigenvalue weighted by molar-refractivity contribution is 0.186. The zero-order chi connectivity index (χ0) is 12.0. The van der Waals surface area contributed by atoms with Crippen molar-refractivity contribution in [1.82, 2.24) is 0 Å². The fourth-order valence-corrected chi connectivity index (χ4v) is 1.58. The Kier molecular flexibility index (Phi) is 5.27. The van der Waals surface area contributed by atoms with E-state index in [0.717, 1.165) is 12.8 Å². The smallest absolute Gasteiger partial charge is 0.0515 e. The first-order valence-electron chi connectivity index (χ1n) is 6.04. The minimum absolute atomic E-state index is 0.202. The molecule has 1 N–H and O–H groups in total. The number of allylic oxidation sites excluding steroid dienone is 1. The van der Waals surface area contributed by atoms with Gasteiger partial charge in [-0.3, -0.25) is 0 Å². The second kappa shape index (κ2) is 6.49. The van der Waals surface area contributed by atoms with Crippen molar-refractivity contribution in [2.45, 2.75) is 45.6 Å². The molecule has 0 saturated heterocycles. The predicted octanol–water partition coefficient (Wildman–Crippen LogP) is 3.98. The quantitative estimate of drug-likeness (QED) is 0.792. The van der Waals surface area contributed by atoms with E-state index in [1.807, 2.05) is 6.92 Å². The Labute approximate surface area is 98.8 Å². The molecule has 0 heterocycles. The molecule has 0 fully saturated rings. The molecule has 16 heavy (non-hydrogen) atoms. The van der Waals surface area contributed by atoms with Crippen LogP contribution in [0.1, 0.15) is 50.7 Å².